The molecular formula is C34H24F3N3. The zero-order chi connectivity index (χ0) is 27.7. The summed E-state index contributed by atoms with van der Waals surface area (Å²) in [7, 11) is 0. The second kappa shape index (κ2) is 10.2. The molecule has 196 valence electrons. The summed E-state index contributed by atoms with van der Waals surface area (Å²) in [6.45, 7) is 0. The lowest BCUT2D eigenvalue weighted by molar-refractivity contribution is 0.474. The van der Waals surface area contributed by atoms with Gasteiger partial charge in [0.15, 0.2) is 11.6 Å². The van der Waals surface area contributed by atoms with E-state index in [1.807, 2.05) is 95.7 Å². The lowest BCUT2D eigenvalue weighted by Crippen LogP contribution is -2.38. The van der Waals surface area contributed by atoms with Crippen molar-refractivity contribution in [3.63, 3.8) is 0 Å². The van der Waals surface area contributed by atoms with E-state index in [1.54, 1.807) is 18.2 Å². The number of rotatable bonds is 6. The zero-order valence-corrected chi connectivity index (χ0v) is 21.3. The van der Waals surface area contributed by atoms with Gasteiger partial charge in [0.1, 0.15) is 11.4 Å². The fraction of sp³-hybridized carbons (Fsp3) is 0.0294. The van der Waals surface area contributed by atoms with Gasteiger partial charge in [0.05, 0.1) is 16.9 Å². The van der Waals surface area contributed by atoms with Crippen LogP contribution in [-0.4, -0.2) is 9.78 Å². The van der Waals surface area contributed by atoms with Crippen molar-refractivity contribution in [1.82, 2.24) is 9.78 Å². The molecule has 0 unspecified atom stereocenters. The number of nitrogens with zero attached hydrogens (tertiary/aromatic N) is 2. The summed E-state index contributed by atoms with van der Waals surface area (Å²) in [4.78, 5) is 0. The number of nitrogen functional groups attached to an aromatic ring is 1. The van der Waals surface area contributed by atoms with Crippen molar-refractivity contribution in [1.29, 1.82) is 0 Å². The first-order valence-corrected chi connectivity index (χ1v) is 12.8. The third kappa shape index (κ3) is 4.24. The Morgan fingerprint density at radius 1 is 0.600 bits per heavy atom. The van der Waals surface area contributed by atoms with Crippen molar-refractivity contribution in [2.45, 2.75) is 5.54 Å². The van der Waals surface area contributed by atoms with Gasteiger partial charge in [-0.3, -0.25) is 0 Å². The Kier molecular flexibility index (Phi) is 6.44. The van der Waals surface area contributed by atoms with Crippen LogP contribution < -0.4 is 5.73 Å². The number of benzene rings is 5. The van der Waals surface area contributed by atoms with Crippen molar-refractivity contribution in [3.05, 3.63) is 167 Å². The fourth-order valence-corrected chi connectivity index (χ4v) is 5.25. The van der Waals surface area contributed by atoms with Crippen molar-refractivity contribution < 1.29 is 13.2 Å². The highest BCUT2D eigenvalue weighted by molar-refractivity contribution is 5.92. The molecule has 2 N–H and O–H groups in total. The van der Waals surface area contributed by atoms with E-state index in [2.05, 4.69) is 0 Å². The van der Waals surface area contributed by atoms with E-state index in [0.29, 0.717) is 22.2 Å². The van der Waals surface area contributed by atoms with Gasteiger partial charge in [-0.2, -0.15) is 5.10 Å². The van der Waals surface area contributed by atoms with Crippen molar-refractivity contribution >= 4 is 28.7 Å². The van der Waals surface area contributed by atoms with Crippen molar-refractivity contribution in [2.24, 2.45) is 0 Å². The molecule has 0 aliphatic rings. The van der Waals surface area contributed by atoms with Gasteiger partial charge in [0, 0.05) is 11.5 Å². The topological polar surface area (TPSA) is 43.8 Å². The smallest absolute Gasteiger partial charge is 0.159 e. The minimum absolute atomic E-state index is 0.0146. The summed E-state index contributed by atoms with van der Waals surface area (Å²) >= 11 is 0. The first-order chi connectivity index (χ1) is 19.5. The van der Waals surface area contributed by atoms with Gasteiger partial charge >= 0.3 is 0 Å². The molecule has 1 heterocycles. The predicted octanol–water partition coefficient (Wildman–Crippen LogP) is 8.05. The molecule has 0 aliphatic carbocycles. The van der Waals surface area contributed by atoms with Crippen LogP contribution in [0.2, 0.25) is 0 Å². The molecular weight excluding hydrogens is 507 g/mol. The fourth-order valence-electron chi connectivity index (χ4n) is 5.25. The molecule has 0 atom stereocenters. The maximum absolute atomic E-state index is 15.1. The molecule has 40 heavy (non-hydrogen) atoms. The van der Waals surface area contributed by atoms with Gasteiger partial charge in [-0.1, -0.05) is 103 Å². The molecule has 0 saturated heterocycles. The molecule has 6 rings (SSSR count). The summed E-state index contributed by atoms with van der Waals surface area (Å²) in [5, 5.41) is 5.68. The molecule has 3 nitrogen and oxygen atoms in total. The summed E-state index contributed by atoms with van der Waals surface area (Å²) in [6, 6.07) is 36.4. The Hall–Kier alpha value is -5.10. The molecule has 0 aliphatic heterocycles. The van der Waals surface area contributed by atoms with Crippen LogP contribution in [0.5, 0.6) is 0 Å². The highest BCUT2D eigenvalue weighted by Crippen LogP contribution is 2.43. The van der Waals surface area contributed by atoms with E-state index in [9.17, 15) is 8.78 Å². The van der Waals surface area contributed by atoms with Crippen LogP contribution in [0.25, 0.3) is 23.1 Å². The summed E-state index contributed by atoms with van der Waals surface area (Å²) in [6.07, 6.45) is 3.35. The van der Waals surface area contributed by atoms with Gasteiger partial charge in [-0.05, 0) is 46.5 Å². The average molecular weight is 532 g/mol. The van der Waals surface area contributed by atoms with Crippen LogP contribution in [0.4, 0.5) is 18.9 Å². The molecule has 1 aromatic heterocycles. The molecule has 6 aromatic rings. The van der Waals surface area contributed by atoms with Gasteiger partial charge in [0.25, 0.3) is 0 Å². The second-order valence-electron chi connectivity index (χ2n) is 9.50. The summed E-state index contributed by atoms with van der Waals surface area (Å²) in [5.74, 6) is -2.43. The lowest BCUT2D eigenvalue weighted by Gasteiger charge is -2.37. The SMILES string of the molecule is Nc1cc2c(/C=C/c3ccc(F)c(F)c3)nn(C(c3ccccc3)(c3ccccc3)c3ccccc3)c2cc1F. The number of fused-ring (bicyclic) bond motifs is 1. The predicted molar refractivity (Wildman–Crippen MR) is 154 cm³/mol. The van der Waals surface area contributed by atoms with Gasteiger partial charge in [0.2, 0.25) is 0 Å². The monoisotopic (exact) mass is 531 g/mol. The van der Waals surface area contributed by atoms with Crippen LogP contribution in [0.15, 0.2) is 121 Å². The van der Waals surface area contributed by atoms with Crippen LogP contribution in [-0.2, 0) is 5.54 Å². The highest BCUT2D eigenvalue weighted by atomic mass is 19.2. The third-order valence-electron chi connectivity index (χ3n) is 7.10. The van der Waals surface area contributed by atoms with E-state index in [1.165, 1.54) is 12.1 Å². The standard InChI is InChI=1S/C34H24F3N3/c35-28-18-16-23(20-29(28)36)17-19-32-27-21-31(38)30(37)22-33(27)40(39-32)34(24-10-4-1-5-11-24,25-12-6-2-7-13-25)26-14-8-3-9-15-26/h1-22H,38H2/b19-17+. The van der Waals surface area contributed by atoms with Crippen LogP contribution in [0.3, 0.4) is 0 Å². The Balaban J connectivity index is 1.70. The van der Waals surface area contributed by atoms with Crippen LogP contribution in [0.1, 0.15) is 27.9 Å². The summed E-state index contributed by atoms with van der Waals surface area (Å²) < 4.78 is 44.3. The second-order valence-corrected chi connectivity index (χ2v) is 9.50. The maximum atomic E-state index is 15.1. The Bertz CT molecular complexity index is 1730. The number of nitrogens with two attached hydrogens (primary N) is 1. The molecule has 0 radical (unpaired) electrons. The highest BCUT2D eigenvalue weighted by Gasteiger charge is 2.40. The first-order valence-electron chi connectivity index (χ1n) is 12.8. The molecule has 0 fully saturated rings. The van der Waals surface area contributed by atoms with Crippen LogP contribution >= 0.6 is 0 Å². The first kappa shape index (κ1) is 25.2. The molecule has 6 heteroatoms. The van der Waals surface area contributed by atoms with Gasteiger partial charge < -0.3 is 5.73 Å². The molecule has 5 aromatic carbocycles. The van der Waals surface area contributed by atoms with Crippen molar-refractivity contribution in [2.75, 3.05) is 5.73 Å². The number of aromatic nitrogens is 2. The molecule has 0 bridgehead atoms. The van der Waals surface area contributed by atoms with E-state index in [-0.39, 0.29) is 5.69 Å². The number of hydrogen-bond acceptors (Lipinski definition) is 2. The minimum atomic E-state index is -0.987. The van der Waals surface area contributed by atoms with Crippen molar-refractivity contribution in [3.8, 4) is 0 Å². The molecule has 0 amide bonds. The molecule has 0 saturated carbocycles. The van der Waals surface area contributed by atoms with Crippen LogP contribution in [0, 0.1) is 17.5 Å². The zero-order valence-electron chi connectivity index (χ0n) is 21.3. The summed E-state index contributed by atoms with van der Waals surface area (Å²) in [5.41, 5.74) is 9.26. The van der Waals surface area contributed by atoms with E-state index >= 15 is 4.39 Å². The quantitative estimate of drug-likeness (QED) is 0.175. The third-order valence-corrected chi connectivity index (χ3v) is 7.10. The average Bonchev–Trinajstić information content (AvgIpc) is 3.33. The lowest BCUT2D eigenvalue weighted by atomic mass is 9.77. The Morgan fingerprint density at radius 3 is 1.68 bits per heavy atom. The minimum Gasteiger partial charge on any atom is -0.396 e. The van der Waals surface area contributed by atoms with E-state index in [4.69, 9.17) is 10.8 Å². The maximum Gasteiger partial charge on any atom is 0.159 e. The van der Waals surface area contributed by atoms with Gasteiger partial charge in [-0.25, -0.2) is 17.9 Å². The van der Waals surface area contributed by atoms with E-state index < -0.39 is 23.0 Å². The number of halogens is 3. The largest absolute Gasteiger partial charge is 0.396 e. The Labute approximate surface area is 229 Å². The van der Waals surface area contributed by atoms with E-state index in [0.717, 1.165) is 28.8 Å². The molecule has 0 spiro atoms. The number of anilines is 1. The van der Waals surface area contributed by atoms with Gasteiger partial charge in [-0.15, -0.1) is 0 Å². The normalized spacial score (nSPS) is 11.9. The Morgan fingerprint density at radius 2 is 1.15 bits per heavy atom. The number of hydrogen-bond donors (Lipinski definition) is 1.